The van der Waals surface area contributed by atoms with Gasteiger partial charge in [0.2, 0.25) is 15.9 Å². The number of rotatable bonds is 11. The van der Waals surface area contributed by atoms with Gasteiger partial charge >= 0.3 is 0 Å². The van der Waals surface area contributed by atoms with Crippen molar-refractivity contribution in [1.29, 1.82) is 0 Å². The molecule has 2 amide bonds. The molecule has 10 heteroatoms. The number of aromatic nitrogens is 1. The summed E-state index contributed by atoms with van der Waals surface area (Å²) in [5, 5.41) is 5.65. The molecule has 0 bridgehead atoms. The number of amides is 2. The van der Waals surface area contributed by atoms with Crippen molar-refractivity contribution in [2.45, 2.75) is 39.7 Å². The zero-order valence-corrected chi connectivity index (χ0v) is 17.4. The summed E-state index contributed by atoms with van der Waals surface area (Å²) in [5.74, 6) is -0.840. The summed E-state index contributed by atoms with van der Waals surface area (Å²) >= 11 is 5.77. The Morgan fingerprint density at radius 2 is 1.96 bits per heavy atom. The number of carbonyl (C=O) groups is 2. The molecule has 0 saturated carbocycles. The summed E-state index contributed by atoms with van der Waals surface area (Å²) < 4.78 is 25.8. The lowest BCUT2D eigenvalue weighted by molar-refractivity contribution is -0.120. The van der Waals surface area contributed by atoms with E-state index in [2.05, 4.69) is 20.3 Å². The molecule has 152 valence electrons. The zero-order chi connectivity index (χ0) is 20.4. The van der Waals surface area contributed by atoms with E-state index in [9.17, 15) is 18.0 Å². The number of hydrogen-bond donors (Lipinski definition) is 3. The minimum absolute atomic E-state index is 0.00686. The molecule has 1 rings (SSSR count). The molecule has 3 N–H and O–H groups in total. The van der Waals surface area contributed by atoms with Crippen LogP contribution >= 0.6 is 11.6 Å². The molecule has 0 radical (unpaired) electrons. The highest BCUT2D eigenvalue weighted by Crippen LogP contribution is 2.06. The number of nitrogens with one attached hydrogen (secondary N) is 3. The van der Waals surface area contributed by atoms with Gasteiger partial charge in [-0.05, 0) is 24.5 Å². The molecular weight excluding hydrogens is 392 g/mol. The summed E-state index contributed by atoms with van der Waals surface area (Å²) in [6, 6.07) is 4.36. The van der Waals surface area contributed by atoms with Crippen LogP contribution in [0.2, 0.25) is 5.15 Å². The van der Waals surface area contributed by atoms with Crippen LogP contribution in [0, 0.1) is 5.92 Å². The average Bonchev–Trinajstić information content (AvgIpc) is 2.61. The highest BCUT2D eigenvalue weighted by atomic mass is 35.5. The number of pyridine rings is 1. The molecule has 0 aliphatic carbocycles. The normalized spacial score (nSPS) is 12.6. The standard InChI is InChI=1S/C17H27ClN4O4S/c1-4-5-9-27(25,26)20-11-16(23)22-14(12(2)3)10-19-17(24)13-7-6-8-15(18)21-13/h6-8,12,14,20H,4-5,9-11H2,1-3H3,(H,19,24)(H,22,23)/t14-/m1/s1. The van der Waals surface area contributed by atoms with E-state index in [-0.39, 0.29) is 41.6 Å². The molecule has 1 heterocycles. The van der Waals surface area contributed by atoms with E-state index in [0.29, 0.717) is 6.42 Å². The van der Waals surface area contributed by atoms with E-state index < -0.39 is 21.8 Å². The van der Waals surface area contributed by atoms with Crippen LogP contribution in [0.4, 0.5) is 0 Å². The van der Waals surface area contributed by atoms with E-state index in [0.717, 1.165) is 6.42 Å². The highest BCUT2D eigenvalue weighted by Gasteiger charge is 2.19. The van der Waals surface area contributed by atoms with Gasteiger partial charge < -0.3 is 10.6 Å². The van der Waals surface area contributed by atoms with Gasteiger partial charge in [0.15, 0.2) is 0 Å². The molecule has 0 aliphatic rings. The molecule has 0 fully saturated rings. The molecule has 27 heavy (non-hydrogen) atoms. The third-order valence-corrected chi connectivity index (χ3v) is 5.42. The first-order valence-electron chi connectivity index (χ1n) is 8.82. The minimum Gasteiger partial charge on any atom is -0.350 e. The van der Waals surface area contributed by atoms with E-state index in [4.69, 9.17) is 11.6 Å². The lowest BCUT2D eigenvalue weighted by Gasteiger charge is -2.23. The van der Waals surface area contributed by atoms with Crippen molar-refractivity contribution < 1.29 is 18.0 Å². The maximum absolute atomic E-state index is 12.1. The summed E-state index contributed by atoms with van der Waals surface area (Å²) in [6.45, 7) is 5.51. The number of halogens is 1. The molecule has 0 saturated heterocycles. The largest absolute Gasteiger partial charge is 0.350 e. The van der Waals surface area contributed by atoms with Gasteiger partial charge in [-0.15, -0.1) is 0 Å². The second kappa shape index (κ2) is 11.2. The van der Waals surface area contributed by atoms with E-state index in [1.165, 1.54) is 6.07 Å². The fourth-order valence-corrected chi connectivity index (χ4v) is 3.45. The Labute approximate surface area is 165 Å². The molecule has 0 aromatic carbocycles. The predicted molar refractivity (Wildman–Crippen MR) is 105 cm³/mol. The molecule has 0 unspecified atom stereocenters. The topological polar surface area (TPSA) is 117 Å². The number of nitrogens with zero attached hydrogens (tertiary/aromatic N) is 1. The molecule has 1 atom stereocenters. The van der Waals surface area contributed by atoms with Gasteiger partial charge in [-0.25, -0.2) is 18.1 Å². The van der Waals surface area contributed by atoms with Crippen LogP contribution in [0.15, 0.2) is 18.2 Å². The fourth-order valence-electron chi connectivity index (χ4n) is 2.12. The second-order valence-electron chi connectivity index (χ2n) is 6.47. The molecule has 0 aliphatic heterocycles. The van der Waals surface area contributed by atoms with Gasteiger partial charge in [-0.2, -0.15) is 0 Å². The monoisotopic (exact) mass is 418 g/mol. The Morgan fingerprint density at radius 1 is 1.26 bits per heavy atom. The van der Waals surface area contributed by atoms with Crippen LogP contribution in [-0.4, -0.2) is 50.1 Å². The summed E-state index contributed by atoms with van der Waals surface area (Å²) in [6.07, 6.45) is 1.29. The second-order valence-corrected chi connectivity index (χ2v) is 8.78. The highest BCUT2D eigenvalue weighted by molar-refractivity contribution is 7.89. The summed E-state index contributed by atoms with van der Waals surface area (Å²) in [7, 11) is -3.46. The van der Waals surface area contributed by atoms with Crippen LogP contribution in [0.1, 0.15) is 44.1 Å². The van der Waals surface area contributed by atoms with Crippen LogP contribution in [-0.2, 0) is 14.8 Å². The fraction of sp³-hybridized carbons (Fsp3) is 0.588. The first-order valence-corrected chi connectivity index (χ1v) is 10.8. The lowest BCUT2D eigenvalue weighted by atomic mass is 10.0. The molecular formula is C17H27ClN4O4S. The van der Waals surface area contributed by atoms with E-state index >= 15 is 0 Å². The van der Waals surface area contributed by atoms with E-state index in [1.807, 2.05) is 20.8 Å². The van der Waals surface area contributed by atoms with E-state index in [1.54, 1.807) is 12.1 Å². The van der Waals surface area contributed by atoms with Crippen LogP contribution in [0.3, 0.4) is 0 Å². The maximum Gasteiger partial charge on any atom is 0.270 e. The number of hydrogen-bond acceptors (Lipinski definition) is 5. The van der Waals surface area contributed by atoms with Crippen LogP contribution < -0.4 is 15.4 Å². The Morgan fingerprint density at radius 3 is 2.56 bits per heavy atom. The smallest absolute Gasteiger partial charge is 0.270 e. The van der Waals surface area contributed by atoms with Crippen molar-refractivity contribution in [1.82, 2.24) is 20.3 Å². The summed E-state index contributed by atoms with van der Waals surface area (Å²) in [5.41, 5.74) is 0.181. The van der Waals surface area contributed by atoms with Crippen LogP contribution in [0.25, 0.3) is 0 Å². The van der Waals surface area contributed by atoms with Crippen molar-refractivity contribution in [2.24, 2.45) is 5.92 Å². The molecule has 0 spiro atoms. The van der Waals surface area contributed by atoms with Gasteiger partial charge in [0, 0.05) is 12.6 Å². The minimum atomic E-state index is -3.46. The van der Waals surface area contributed by atoms with Crippen molar-refractivity contribution in [3.8, 4) is 0 Å². The Kier molecular flexibility index (Phi) is 9.68. The average molecular weight is 419 g/mol. The van der Waals surface area contributed by atoms with Crippen molar-refractivity contribution >= 4 is 33.4 Å². The molecule has 1 aromatic heterocycles. The van der Waals surface area contributed by atoms with Gasteiger partial charge in [-0.3, -0.25) is 9.59 Å². The first kappa shape index (κ1) is 23.3. The van der Waals surface area contributed by atoms with Crippen molar-refractivity contribution in [3.63, 3.8) is 0 Å². The third-order valence-electron chi connectivity index (χ3n) is 3.80. The first-order chi connectivity index (χ1) is 12.6. The van der Waals surface area contributed by atoms with Gasteiger partial charge in [0.25, 0.3) is 5.91 Å². The summed E-state index contributed by atoms with van der Waals surface area (Å²) in [4.78, 5) is 28.1. The van der Waals surface area contributed by atoms with Gasteiger partial charge in [0.1, 0.15) is 10.8 Å². The molecule has 1 aromatic rings. The Balaban J connectivity index is 2.53. The SMILES string of the molecule is CCCCS(=O)(=O)NCC(=O)N[C@H](CNC(=O)c1cccc(Cl)n1)C(C)C. The molecule has 8 nitrogen and oxygen atoms in total. The predicted octanol–water partition coefficient (Wildman–Crippen LogP) is 1.33. The number of carbonyl (C=O) groups excluding carboxylic acids is 2. The van der Waals surface area contributed by atoms with Gasteiger partial charge in [-0.1, -0.05) is 44.9 Å². The quantitative estimate of drug-likeness (QED) is 0.468. The van der Waals surface area contributed by atoms with Crippen LogP contribution in [0.5, 0.6) is 0 Å². The zero-order valence-electron chi connectivity index (χ0n) is 15.8. The maximum atomic E-state index is 12.1. The van der Waals surface area contributed by atoms with Crippen molar-refractivity contribution in [3.05, 3.63) is 29.0 Å². The lowest BCUT2D eigenvalue weighted by Crippen LogP contribution is -2.49. The third kappa shape index (κ3) is 9.16. The number of unbranched alkanes of at least 4 members (excludes halogenated alkanes) is 1. The Hall–Kier alpha value is -1.71. The number of sulfonamides is 1. The van der Waals surface area contributed by atoms with Crippen molar-refractivity contribution in [2.75, 3.05) is 18.8 Å². The van der Waals surface area contributed by atoms with Gasteiger partial charge in [0.05, 0.1) is 12.3 Å². The Bertz CT molecular complexity index is 740.